The van der Waals surface area contributed by atoms with Gasteiger partial charge in [-0.25, -0.2) is 9.78 Å². The fourth-order valence-electron chi connectivity index (χ4n) is 2.42. The second-order valence-corrected chi connectivity index (χ2v) is 4.75. The molecular formula is C14H13N3O3. The van der Waals surface area contributed by atoms with Gasteiger partial charge in [-0.1, -0.05) is 6.07 Å². The molecule has 2 heterocycles. The standard InChI is InChI=1S/C14H13N3O3/c1-16-8-15-7-12(16)13(18)17-5-4-9-2-3-10(14(19)20)6-11(9)17/h2-3,6-8H,4-5H2,1H3,(H,19,20). The van der Waals surface area contributed by atoms with E-state index in [4.69, 9.17) is 5.11 Å². The van der Waals surface area contributed by atoms with Gasteiger partial charge in [0.25, 0.3) is 5.91 Å². The molecule has 0 saturated carbocycles. The summed E-state index contributed by atoms with van der Waals surface area (Å²) in [6.45, 7) is 0.558. The molecule has 6 heteroatoms. The van der Waals surface area contributed by atoms with E-state index in [0.29, 0.717) is 17.9 Å². The summed E-state index contributed by atoms with van der Waals surface area (Å²) >= 11 is 0. The Morgan fingerprint density at radius 1 is 1.35 bits per heavy atom. The van der Waals surface area contributed by atoms with Gasteiger partial charge in [0.05, 0.1) is 18.1 Å². The molecule has 1 N–H and O–H groups in total. The number of aryl methyl sites for hydroxylation is 1. The highest BCUT2D eigenvalue weighted by molar-refractivity contribution is 6.06. The molecule has 0 saturated heterocycles. The molecule has 6 nitrogen and oxygen atoms in total. The molecule has 1 aromatic carbocycles. The molecule has 0 atom stereocenters. The number of carbonyl (C=O) groups is 2. The number of benzene rings is 1. The van der Waals surface area contributed by atoms with Crippen molar-refractivity contribution in [1.82, 2.24) is 9.55 Å². The van der Waals surface area contributed by atoms with Crippen LogP contribution in [0.25, 0.3) is 0 Å². The zero-order chi connectivity index (χ0) is 14.3. The molecular weight excluding hydrogens is 258 g/mol. The fraction of sp³-hybridized carbons (Fsp3) is 0.214. The Kier molecular flexibility index (Phi) is 2.78. The molecule has 102 valence electrons. The van der Waals surface area contributed by atoms with Gasteiger partial charge in [-0.3, -0.25) is 4.79 Å². The van der Waals surface area contributed by atoms with E-state index in [1.807, 2.05) is 0 Å². The maximum absolute atomic E-state index is 12.5. The third-order valence-electron chi connectivity index (χ3n) is 3.51. The van der Waals surface area contributed by atoms with Crippen molar-refractivity contribution < 1.29 is 14.7 Å². The van der Waals surface area contributed by atoms with Crippen LogP contribution >= 0.6 is 0 Å². The second kappa shape index (κ2) is 4.48. The SMILES string of the molecule is Cn1cncc1C(=O)N1CCc2ccc(C(=O)O)cc21. The van der Waals surface area contributed by atoms with Gasteiger partial charge < -0.3 is 14.6 Å². The lowest BCUT2D eigenvalue weighted by atomic mass is 10.1. The van der Waals surface area contributed by atoms with Crippen LogP contribution in [0.5, 0.6) is 0 Å². The Morgan fingerprint density at radius 3 is 2.80 bits per heavy atom. The van der Waals surface area contributed by atoms with Crippen LogP contribution in [0.1, 0.15) is 26.4 Å². The van der Waals surface area contributed by atoms with Crippen LogP contribution in [-0.4, -0.2) is 33.1 Å². The molecule has 0 unspecified atom stereocenters. The Bertz CT molecular complexity index is 705. The summed E-state index contributed by atoms with van der Waals surface area (Å²) in [6.07, 6.45) is 3.82. The van der Waals surface area contributed by atoms with Crippen molar-refractivity contribution in [3.05, 3.63) is 47.5 Å². The normalized spacial score (nSPS) is 13.3. The Balaban J connectivity index is 2.00. The zero-order valence-electron chi connectivity index (χ0n) is 10.9. The monoisotopic (exact) mass is 271 g/mol. The first-order valence-corrected chi connectivity index (χ1v) is 6.22. The average molecular weight is 271 g/mol. The van der Waals surface area contributed by atoms with Gasteiger partial charge in [-0.2, -0.15) is 0 Å². The summed E-state index contributed by atoms with van der Waals surface area (Å²) in [5.41, 5.74) is 2.34. The largest absolute Gasteiger partial charge is 0.478 e. The van der Waals surface area contributed by atoms with Crippen LogP contribution < -0.4 is 4.90 Å². The number of amides is 1. The summed E-state index contributed by atoms with van der Waals surface area (Å²) in [5.74, 6) is -1.15. The zero-order valence-corrected chi connectivity index (χ0v) is 10.9. The highest BCUT2D eigenvalue weighted by Crippen LogP contribution is 2.30. The number of anilines is 1. The van der Waals surface area contributed by atoms with Crippen molar-refractivity contribution >= 4 is 17.6 Å². The Morgan fingerprint density at radius 2 is 2.15 bits per heavy atom. The summed E-state index contributed by atoms with van der Waals surface area (Å²) in [6, 6.07) is 4.90. The summed E-state index contributed by atoms with van der Waals surface area (Å²) in [4.78, 5) is 29.1. The maximum atomic E-state index is 12.5. The third-order valence-corrected chi connectivity index (χ3v) is 3.51. The molecule has 0 spiro atoms. The van der Waals surface area contributed by atoms with E-state index < -0.39 is 5.97 Å². The second-order valence-electron chi connectivity index (χ2n) is 4.75. The number of carbonyl (C=O) groups excluding carboxylic acids is 1. The first kappa shape index (κ1) is 12.4. The minimum atomic E-state index is -0.993. The number of nitrogens with zero attached hydrogens (tertiary/aromatic N) is 3. The van der Waals surface area contributed by atoms with Gasteiger partial charge in [0.2, 0.25) is 0 Å². The Hall–Kier alpha value is -2.63. The number of rotatable bonds is 2. The number of carboxylic acids is 1. The molecule has 0 fully saturated rings. The lowest BCUT2D eigenvalue weighted by molar-refractivity contribution is 0.0696. The minimum Gasteiger partial charge on any atom is -0.478 e. The molecule has 3 rings (SSSR count). The highest BCUT2D eigenvalue weighted by atomic mass is 16.4. The Labute approximate surface area is 115 Å². The van der Waals surface area contributed by atoms with E-state index in [-0.39, 0.29) is 11.5 Å². The quantitative estimate of drug-likeness (QED) is 0.893. The van der Waals surface area contributed by atoms with Gasteiger partial charge >= 0.3 is 5.97 Å². The van der Waals surface area contributed by atoms with E-state index in [1.165, 1.54) is 6.20 Å². The predicted octanol–water partition coefficient (Wildman–Crippen LogP) is 1.32. The number of imidazole rings is 1. The van der Waals surface area contributed by atoms with Crippen LogP contribution in [0, 0.1) is 0 Å². The number of hydrogen-bond acceptors (Lipinski definition) is 3. The van der Waals surface area contributed by atoms with Gasteiger partial charge in [0.1, 0.15) is 5.69 Å². The van der Waals surface area contributed by atoms with Crippen molar-refractivity contribution in [2.45, 2.75) is 6.42 Å². The molecule has 1 aliphatic heterocycles. The van der Waals surface area contributed by atoms with Crippen LogP contribution in [-0.2, 0) is 13.5 Å². The van der Waals surface area contributed by atoms with Gasteiger partial charge in [0, 0.05) is 19.3 Å². The van der Waals surface area contributed by atoms with Crippen LogP contribution in [0.2, 0.25) is 0 Å². The topological polar surface area (TPSA) is 75.4 Å². The van der Waals surface area contributed by atoms with Crippen molar-refractivity contribution in [1.29, 1.82) is 0 Å². The lowest BCUT2D eigenvalue weighted by Crippen LogP contribution is -2.30. The molecule has 1 amide bonds. The summed E-state index contributed by atoms with van der Waals surface area (Å²) in [7, 11) is 1.75. The van der Waals surface area contributed by atoms with Crippen molar-refractivity contribution in [3.8, 4) is 0 Å². The number of carboxylic acid groups (broad SMARTS) is 1. The number of hydrogen-bond donors (Lipinski definition) is 1. The van der Waals surface area contributed by atoms with Crippen molar-refractivity contribution in [3.63, 3.8) is 0 Å². The molecule has 20 heavy (non-hydrogen) atoms. The van der Waals surface area contributed by atoms with Crippen molar-refractivity contribution in [2.75, 3.05) is 11.4 Å². The number of aromatic nitrogens is 2. The number of fused-ring (bicyclic) bond motifs is 1. The molecule has 0 radical (unpaired) electrons. The predicted molar refractivity (Wildman–Crippen MR) is 72.0 cm³/mol. The lowest BCUT2D eigenvalue weighted by Gasteiger charge is -2.17. The molecule has 1 aromatic heterocycles. The smallest absolute Gasteiger partial charge is 0.335 e. The van der Waals surface area contributed by atoms with Crippen LogP contribution in [0.4, 0.5) is 5.69 Å². The number of aromatic carboxylic acids is 1. The van der Waals surface area contributed by atoms with E-state index in [9.17, 15) is 9.59 Å². The third kappa shape index (κ3) is 1.85. The fourth-order valence-corrected chi connectivity index (χ4v) is 2.42. The van der Waals surface area contributed by atoms with E-state index in [1.54, 1.807) is 41.0 Å². The van der Waals surface area contributed by atoms with Crippen LogP contribution in [0.15, 0.2) is 30.7 Å². The first-order chi connectivity index (χ1) is 9.58. The van der Waals surface area contributed by atoms with Crippen LogP contribution in [0.3, 0.4) is 0 Å². The molecule has 0 aliphatic carbocycles. The highest BCUT2D eigenvalue weighted by Gasteiger charge is 2.27. The van der Waals surface area contributed by atoms with Gasteiger partial charge in [0.15, 0.2) is 0 Å². The molecule has 1 aliphatic rings. The minimum absolute atomic E-state index is 0.161. The molecule has 2 aromatic rings. The van der Waals surface area contributed by atoms with Gasteiger partial charge in [-0.15, -0.1) is 0 Å². The average Bonchev–Trinajstić information content (AvgIpc) is 3.03. The van der Waals surface area contributed by atoms with Gasteiger partial charge in [-0.05, 0) is 24.1 Å². The van der Waals surface area contributed by atoms with E-state index >= 15 is 0 Å². The van der Waals surface area contributed by atoms with E-state index in [0.717, 1.165) is 12.0 Å². The summed E-state index contributed by atoms with van der Waals surface area (Å²) < 4.78 is 1.65. The van der Waals surface area contributed by atoms with Crippen molar-refractivity contribution in [2.24, 2.45) is 7.05 Å². The summed E-state index contributed by atoms with van der Waals surface area (Å²) in [5, 5.41) is 9.05. The first-order valence-electron chi connectivity index (χ1n) is 6.22. The maximum Gasteiger partial charge on any atom is 0.335 e. The molecule has 0 bridgehead atoms. The van der Waals surface area contributed by atoms with E-state index in [2.05, 4.69) is 4.98 Å².